The highest BCUT2D eigenvalue weighted by Crippen LogP contribution is 2.36. The van der Waals surface area contributed by atoms with Gasteiger partial charge >= 0.3 is 6.09 Å². The molecule has 0 aliphatic carbocycles. The Morgan fingerprint density at radius 3 is 2.84 bits per heavy atom. The van der Waals surface area contributed by atoms with Crippen molar-refractivity contribution in [1.82, 2.24) is 20.3 Å². The zero-order valence-corrected chi connectivity index (χ0v) is 19.8. The van der Waals surface area contributed by atoms with Crippen LogP contribution in [0, 0.1) is 0 Å². The van der Waals surface area contributed by atoms with Gasteiger partial charge in [-0.15, -0.1) is 0 Å². The van der Waals surface area contributed by atoms with Gasteiger partial charge in [-0.1, -0.05) is 30.3 Å². The van der Waals surface area contributed by atoms with E-state index in [4.69, 9.17) is 18.9 Å². The van der Waals surface area contributed by atoms with Gasteiger partial charge in [-0.3, -0.25) is 4.98 Å². The molecule has 2 aliphatic rings. The van der Waals surface area contributed by atoms with Crippen LogP contribution in [-0.2, 0) is 19.6 Å². The Kier molecular flexibility index (Phi) is 6.12. The van der Waals surface area contributed by atoms with Crippen LogP contribution in [0.2, 0.25) is 0 Å². The number of carbonyl (C=O) groups is 1. The first-order valence-corrected chi connectivity index (χ1v) is 11.8. The van der Waals surface area contributed by atoms with Crippen molar-refractivity contribution in [3.63, 3.8) is 0 Å². The summed E-state index contributed by atoms with van der Waals surface area (Å²) in [5.74, 6) is 2.07. The second-order valence-electron chi connectivity index (χ2n) is 8.41. The Hall–Kier alpha value is -4.86. The van der Waals surface area contributed by atoms with Crippen molar-refractivity contribution in [2.24, 2.45) is 0 Å². The number of nitrogens with one attached hydrogen (secondary N) is 1. The third kappa shape index (κ3) is 4.94. The van der Waals surface area contributed by atoms with E-state index in [0.717, 1.165) is 24.2 Å². The Labute approximate surface area is 212 Å². The summed E-state index contributed by atoms with van der Waals surface area (Å²) < 4.78 is 22.4. The van der Waals surface area contributed by atoms with Crippen molar-refractivity contribution >= 4 is 17.7 Å². The first kappa shape index (κ1) is 22.6. The molecule has 1 amide bonds. The average molecular weight is 498 g/mol. The standard InChI is InChI=1S/C27H23N5O5/c33-27(30-14-20-6-3-4-11-28-20)37-24-15-29-26(32-12-10-19-5-1-2-7-21(19)32)31-25(24)34-16-18-8-9-22-23(13-18)36-17-35-22/h1-9,11,13,15H,10,12,14,16-17H2,(H,30,33). The molecule has 0 saturated carbocycles. The summed E-state index contributed by atoms with van der Waals surface area (Å²) in [5, 5.41) is 2.68. The minimum atomic E-state index is -0.665. The maximum absolute atomic E-state index is 12.5. The molecule has 1 N–H and O–H groups in total. The summed E-state index contributed by atoms with van der Waals surface area (Å²) in [6.45, 7) is 1.33. The number of anilines is 2. The first-order chi connectivity index (χ1) is 18.2. The number of ether oxygens (including phenoxy) is 4. The van der Waals surface area contributed by atoms with E-state index in [1.54, 1.807) is 6.20 Å². The minimum absolute atomic E-state index is 0.107. The van der Waals surface area contributed by atoms with Gasteiger partial charge < -0.3 is 29.2 Å². The number of carbonyl (C=O) groups excluding carboxylic acids is 1. The zero-order valence-electron chi connectivity index (χ0n) is 19.8. The van der Waals surface area contributed by atoms with E-state index in [1.165, 1.54) is 11.8 Å². The van der Waals surface area contributed by atoms with E-state index in [9.17, 15) is 4.79 Å². The molecule has 2 aromatic heterocycles. The molecule has 37 heavy (non-hydrogen) atoms. The topological polar surface area (TPSA) is 108 Å². The molecular formula is C27H23N5O5. The van der Waals surface area contributed by atoms with E-state index in [-0.39, 0.29) is 31.6 Å². The molecule has 0 saturated heterocycles. The Balaban J connectivity index is 1.22. The lowest BCUT2D eigenvalue weighted by Crippen LogP contribution is -2.27. The molecule has 6 rings (SSSR count). The lowest BCUT2D eigenvalue weighted by molar-refractivity contribution is 0.174. The predicted octanol–water partition coefficient (Wildman–Crippen LogP) is 4.16. The van der Waals surface area contributed by atoms with Crippen LogP contribution in [-0.4, -0.2) is 34.4 Å². The lowest BCUT2D eigenvalue weighted by atomic mass is 10.2. The van der Waals surface area contributed by atoms with Crippen LogP contribution in [0.25, 0.3) is 0 Å². The van der Waals surface area contributed by atoms with Gasteiger partial charge in [-0.25, -0.2) is 9.78 Å². The van der Waals surface area contributed by atoms with E-state index >= 15 is 0 Å². The summed E-state index contributed by atoms with van der Waals surface area (Å²) in [6.07, 6.45) is 3.34. The minimum Gasteiger partial charge on any atom is -0.470 e. The molecule has 0 atom stereocenters. The highest BCUT2D eigenvalue weighted by atomic mass is 16.7. The normalized spacial score (nSPS) is 13.2. The Bertz CT molecular complexity index is 1430. The average Bonchev–Trinajstić information content (AvgIpc) is 3.59. The summed E-state index contributed by atoms with van der Waals surface area (Å²) >= 11 is 0. The molecule has 186 valence electrons. The van der Waals surface area contributed by atoms with Gasteiger partial charge in [0.15, 0.2) is 11.5 Å². The van der Waals surface area contributed by atoms with Gasteiger partial charge in [0.1, 0.15) is 6.61 Å². The number of para-hydroxylation sites is 1. The smallest absolute Gasteiger partial charge is 0.413 e. The van der Waals surface area contributed by atoms with Gasteiger partial charge in [-0.05, 0) is 47.9 Å². The van der Waals surface area contributed by atoms with E-state index in [0.29, 0.717) is 23.1 Å². The molecule has 4 heterocycles. The van der Waals surface area contributed by atoms with Crippen molar-refractivity contribution in [3.05, 3.63) is 89.9 Å². The molecule has 0 bridgehead atoms. The van der Waals surface area contributed by atoms with Gasteiger partial charge in [0.25, 0.3) is 5.88 Å². The number of hydrogen-bond acceptors (Lipinski definition) is 9. The number of pyridine rings is 1. The molecule has 10 heteroatoms. The summed E-state index contributed by atoms with van der Waals surface area (Å²) in [7, 11) is 0. The van der Waals surface area contributed by atoms with Gasteiger partial charge in [0.05, 0.1) is 18.4 Å². The number of benzene rings is 2. The predicted molar refractivity (Wildman–Crippen MR) is 133 cm³/mol. The second kappa shape index (κ2) is 10.0. The molecule has 2 aliphatic heterocycles. The maximum atomic E-state index is 12.5. The third-order valence-corrected chi connectivity index (χ3v) is 5.99. The van der Waals surface area contributed by atoms with Crippen LogP contribution in [0.15, 0.2) is 73.1 Å². The zero-order chi connectivity index (χ0) is 25.0. The molecule has 0 spiro atoms. The Morgan fingerprint density at radius 1 is 1.03 bits per heavy atom. The third-order valence-electron chi connectivity index (χ3n) is 5.99. The monoisotopic (exact) mass is 497 g/mol. The first-order valence-electron chi connectivity index (χ1n) is 11.8. The van der Waals surface area contributed by atoms with Gasteiger partial charge in [0.2, 0.25) is 18.5 Å². The molecule has 4 aromatic rings. The number of hydrogen-bond donors (Lipinski definition) is 1. The fourth-order valence-electron chi connectivity index (χ4n) is 4.18. The fraction of sp³-hybridized carbons (Fsp3) is 0.185. The van der Waals surface area contributed by atoms with Crippen molar-refractivity contribution < 1.29 is 23.7 Å². The highest BCUT2D eigenvalue weighted by molar-refractivity contribution is 5.71. The molecule has 0 unspecified atom stereocenters. The van der Waals surface area contributed by atoms with Crippen molar-refractivity contribution in [2.45, 2.75) is 19.6 Å². The van der Waals surface area contributed by atoms with Gasteiger partial charge in [0, 0.05) is 18.4 Å². The molecule has 0 fully saturated rings. The van der Waals surface area contributed by atoms with Crippen LogP contribution in [0.4, 0.5) is 16.4 Å². The number of rotatable bonds is 7. The number of nitrogens with zero attached hydrogens (tertiary/aromatic N) is 4. The van der Waals surface area contributed by atoms with Crippen molar-refractivity contribution in [2.75, 3.05) is 18.2 Å². The summed E-state index contributed by atoms with van der Waals surface area (Å²) in [4.78, 5) is 27.9. The summed E-state index contributed by atoms with van der Waals surface area (Å²) in [6, 6.07) is 19.2. The summed E-state index contributed by atoms with van der Waals surface area (Å²) in [5.41, 5.74) is 3.83. The van der Waals surface area contributed by atoms with Crippen molar-refractivity contribution in [1.29, 1.82) is 0 Å². The van der Waals surface area contributed by atoms with Crippen molar-refractivity contribution in [3.8, 4) is 23.1 Å². The number of amides is 1. The van der Waals surface area contributed by atoms with Crippen LogP contribution < -0.4 is 29.2 Å². The SMILES string of the molecule is O=C(NCc1ccccn1)Oc1cnc(N2CCc3ccccc32)nc1OCc1ccc2c(c1)OCO2. The van der Waals surface area contributed by atoms with Gasteiger partial charge in [-0.2, -0.15) is 4.98 Å². The second-order valence-corrected chi connectivity index (χ2v) is 8.41. The Morgan fingerprint density at radius 2 is 1.92 bits per heavy atom. The fourth-order valence-corrected chi connectivity index (χ4v) is 4.18. The van der Waals surface area contributed by atoms with E-state index < -0.39 is 6.09 Å². The van der Waals surface area contributed by atoms with Crippen LogP contribution in [0.3, 0.4) is 0 Å². The van der Waals surface area contributed by atoms with Crippen LogP contribution in [0.5, 0.6) is 23.1 Å². The molecule has 10 nitrogen and oxygen atoms in total. The lowest BCUT2D eigenvalue weighted by Gasteiger charge is -2.19. The van der Waals surface area contributed by atoms with E-state index in [1.807, 2.05) is 59.5 Å². The highest BCUT2D eigenvalue weighted by Gasteiger charge is 2.24. The molecule has 0 radical (unpaired) electrons. The van der Waals surface area contributed by atoms with Crippen LogP contribution in [0.1, 0.15) is 16.8 Å². The largest absolute Gasteiger partial charge is 0.470 e. The maximum Gasteiger partial charge on any atom is 0.413 e. The van der Waals surface area contributed by atoms with E-state index in [2.05, 4.69) is 26.3 Å². The molecule has 2 aromatic carbocycles. The molecular weight excluding hydrogens is 474 g/mol. The number of aromatic nitrogens is 3. The van der Waals surface area contributed by atoms with Crippen LogP contribution >= 0.6 is 0 Å². The quantitative estimate of drug-likeness (QED) is 0.403. The number of fused-ring (bicyclic) bond motifs is 2.